The highest BCUT2D eigenvalue weighted by atomic mass is 14.1. The van der Waals surface area contributed by atoms with Crippen LogP contribution in [0, 0.1) is 0 Å². The fourth-order valence-corrected chi connectivity index (χ4v) is 5.00. The van der Waals surface area contributed by atoms with E-state index in [0.29, 0.717) is 0 Å². The van der Waals surface area contributed by atoms with Crippen LogP contribution < -0.4 is 0 Å². The molecule has 138 valence electrons. The minimum absolute atomic E-state index is 1.29. The maximum absolute atomic E-state index is 2.38. The number of hydrogen-bond donors (Lipinski definition) is 0. The second-order valence-corrected chi connectivity index (χ2v) is 8.27. The molecule has 7 rings (SSSR count). The van der Waals surface area contributed by atoms with Gasteiger partial charge in [0.2, 0.25) is 0 Å². The van der Waals surface area contributed by atoms with Crippen LogP contribution in [0.15, 0.2) is 109 Å². The maximum atomic E-state index is 2.38. The van der Waals surface area contributed by atoms with Crippen LogP contribution in [0.3, 0.4) is 0 Å². The van der Waals surface area contributed by atoms with Crippen molar-refractivity contribution in [3.05, 3.63) is 109 Å². The zero-order valence-corrected chi connectivity index (χ0v) is 16.4. The van der Waals surface area contributed by atoms with E-state index in [0.717, 1.165) is 0 Å². The minimum atomic E-state index is 1.29. The summed E-state index contributed by atoms with van der Waals surface area (Å²) in [6.07, 6.45) is 0. The van der Waals surface area contributed by atoms with Gasteiger partial charge in [-0.3, -0.25) is 0 Å². The third-order valence-corrected chi connectivity index (χ3v) is 6.52. The topological polar surface area (TPSA) is 0 Å². The molecular formula is C30H18. The van der Waals surface area contributed by atoms with Crippen LogP contribution in [0.4, 0.5) is 0 Å². The first-order valence-electron chi connectivity index (χ1n) is 10.4. The van der Waals surface area contributed by atoms with Crippen LogP contribution in [0.1, 0.15) is 0 Å². The summed E-state index contributed by atoms with van der Waals surface area (Å²) in [6.45, 7) is 0. The Labute approximate surface area is 174 Å². The Morgan fingerprint density at radius 3 is 1.30 bits per heavy atom. The Kier molecular flexibility index (Phi) is 3.09. The molecule has 0 N–H and O–H groups in total. The number of benzene rings is 7. The van der Waals surface area contributed by atoms with Crippen molar-refractivity contribution in [1.29, 1.82) is 0 Å². The van der Waals surface area contributed by atoms with Crippen molar-refractivity contribution in [1.82, 2.24) is 0 Å². The molecule has 0 saturated carbocycles. The highest BCUT2D eigenvalue weighted by molar-refractivity contribution is 6.18. The minimum Gasteiger partial charge on any atom is -0.0616 e. The second kappa shape index (κ2) is 5.81. The van der Waals surface area contributed by atoms with Crippen LogP contribution in [0.5, 0.6) is 0 Å². The molecule has 0 bridgehead atoms. The smallest absolute Gasteiger partial charge is 0.00988 e. The zero-order chi connectivity index (χ0) is 19.7. The molecule has 0 saturated heterocycles. The lowest BCUT2D eigenvalue weighted by Crippen LogP contribution is -1.83. The lowest BCUT2D eigenvalue weighted by atomic mass is 9.94. The van der Waals surface area contributed by atoms with Gasteiger partial charge in [0, 0.05) is 0 Å². The predicted octanol–water partition coefficient (Wildman–Crippen LogP) is 8.61. The van der Waals surface area contributed by atoms with Crippen molar-refractivity contribution in [3.63, 3.8) is 0 Å². The Bertz CT molecular complexity index is 1790. The van der Waals surface area contributed by atoms with Gasteiger partial charge in [-0.05, 0) is 101 Å². The van der Waals surface area contributed by atoms with Gasteiger partial charge in [0.25, 0.3) is 0 Å². The SMILES string of the molecule is c1ccc2cc3c(ccc4cc5cc6ccc7ccccc7c6cc5cc43)cc2c1. The molecule has 0 aliphatic carbocycles. The molecule has 7 aromatic carbocycles. The summed E-state index contributed by atoms with van der Waals surface area (Å²) >= 11 is 0. The van der Waals surface area contributed by atoms with E-state index in [2.05, 4.69) is 109 Å². The van der Waals surface area contributed by atoms with Gasteiger partial charge in [-0.2, -0.15) is 0 Å². The first-order chi connectivity index (χ1) is 14.8. The van der Waals surface area contributed by atoms with Gasteiger partial charge in [0.05, 0.1) is 0 Å². The van der Waals surface area contributed by atoms with E-state index in [-0.39, 0.29) is 0 Å². The largest absolute Gasteiger partial charge is 0.0616 e. The predicted molar refractivity (Wildman–Crippen MR) is 131 cm³/mol. The lowest BCUT2D eigenvalue weighted by molar-refractivity contribution is 1.78. The molecule has 0 unspecified atom stereocenters. The molecule has 0 aliphatic rings. The first kappa shape index (κ1) is 16.0. The van der Waals surface area contributed by atoms with Gasteiger partial charge < -0.3 is 0 Å². The lowest BCUT2D eigenvalue weighted by Gasteiger charge is -2.10. The van der Waals surface area contributed by atoms with Crippen LogP contribution in [0.25, 0.3) is 64.6 Å². The van der Waals surface area contributed by atoms with Gasteiger partial charge in [-0.25, -0.2) is 0 Å². The standard InChI is InChI=1S/C30H18/c1-2-7-21-16-29-22(13-20(21)6-1)11-12-24-15-25-14-23-10-9-19-5-3-4-8-27(19)28(23)17-26(25)18-30(24)29/h1-18H. The molecule has 0 radical (unpaired) electrons. The fraction of sp³-hybridized carbons (Fsp3) is 0. The highest BCUT2D eigenvalue weighted by Gasteiger charge is 2.07. The molecule has 0 amide bonds. The summed E-state index contributed by atoms with van der Waals surface area (Å²) in [5.74, 6) is 0. The summed E-state index contributed by atoms with van der Waals surface area (Å²) in [7, 11) is 0. The van der Waals surface area contributed by atoms with Crippen molar-refractivity contribution in [3.8, 4) is 0 Å². The molecule has 0 heteroatoms. The summed E-state index contributed by atoms with van der Waals surface area (Å²) < 4.78 is 0. The Hall–Kier alpha value is -3.90. The third kappa shape index (κ3) is 2.22. The summed E-state index contributed by atoms with van der Waals surface area (Å²) in [6, 6.07) is 40.3. The first-order valence-corrected chi connectivity index (χ1v) is 10.4. The summed E-state index contributed by atoms with van der Waals surface area (Å²) in [5.41, 5.74) is 0. The van der Waals surface area contributed by atoms with Gasteiger partial charge in [-0.15, -0.1) is 0 Å². The zero-order valence-electron chi connectivity index (χ0n) is 16.4. The van der Waals surface area contributed by atoms with E-state index >= 15 is 0 Å². The summed E-state index contributed by atoms with van der Waals surface area (Å²) in [5, 5.41) is 15.7. The molecule has 0 spiro atoms. The van der Waals surface area contributed by atoms with Gasteiger partial charge in [0.15, 0.2) is 0 Å². The van der Waals surface area contributed by atoms with Crippen LogP contribution >= 0.6 is 0 Å². The van der Waals surface area contributed by atoms with Crippen molar-refractivity contribution in [2.45, 2.75) is 0 Å². The fourth-order valence-electron chi connectivity index (χ4n) is 5.00. The molecular weight excluding hydrogens is 360 g/mol. The van der Waals surface area contributed by atoms with Gasteiger partial charge in [0.1, 0.15) is 0 Å². The van der Waals surface area contributed by atoms with E-state index in [1.807, 2.05) is 0 Å². The second-order valence-electron chi connectivity index (χ2n) is 8.27. The molecule has 30 heavy (non-hydrogen) atoms. The Morgan fingerprint density at radius 2 is 0.633 bits per heavy atom. The molecule has 0 aliphatic heterocycles. The van der Waals surface area contributed by atoms with Crippen LogP contribution in [-0.4, -0.2) is 0 Å². The van der Waals surface area contributed by atoms with Crippen LogP contribution in [0.2, 0.25) is 0 Å². The quantitative estimate of drug-likeness (QED) is 0.183. The van der Waals surface area contributed by atoms with E-state index in [9.17, 15) is 0 Å². The monoisotopic (exact) mass is 378 g/mol. The van der Waals surface area contributed by atoms with E-state index in [4.69, 9.17) is 0 Å². The molecule has 0 nitrogen and oxygen atoms in total. The Balaban J connectivity index is 1.63. The van der Waals surface area contributed by atoms with Crippen molar-refractivity contribution in [2.24, 2.45) is 0 Å². The van der Waals surface area contributed by atoms with Crippen molar-refractivity contribution < 1.29 is 0 Å². The number of fused-ring (bicyclic) bond motifs is 8. The maximum Gasteiger partial charge on any atom is -0.00988 e. The molecule has 0 atom stereocenters. The molecule has 7 aromatic rings. The molecule has 0 fully saturated rings. The van der Waals surface area contributed by atoms with Crippen LogP contribution in [-0.2, 0) is 0 Å². The highest BCUT2D eigenvalue weighted by Crippen LogP contribution is 2.35. The van der Waals surface area contributed by atoms with Crippen molar-refractivity contribution in [2.75, 3.05) is 0 Å². The van der Waals surface area contributed by atoms with Crippen molar-refractivity contribution >= 4 is 64.6 Å². The molecule has 0 aromatic heterocycles. The summed E-state index contributed by atoms with van der Waals surface area (Å²) in [4.78, 5) is 0. The van der Waals surface area contributed by atoms with E-state index < -0.39 is 0 Å². The normalized spacial score (nSPS) is 12.0. The van der Waals surface area contributed by atoms with E-state index in [1.54, 1.807) is 0 Å². The van der Waals surface area contributed by atoms with E-state index in [1.165, 1.54) is 64.6 Å². The average Bonchev–Trinajstić information content (AvgIpc) is 2.80. The average molecular weight is 378 g/mol. The molecule has 0 heterocycles. The Morgan fingerprint density at radius 1 is 0.233 bits per heavy atom. The van der Waals surface area contributed by atoms with Gasteiger partial charge in [-0.1, -0.05) is 72.8 Å². The number of hydrogen-bond acceptors (Lipinski definition) is 0. The number of rotatable bonds is 0. The van der Waals surface area contributed by atoms with Gasteiger partial charge >= 0.3 is 0 Å². The third-order valence-electron chi connectivity index (χ3n) is 6.52.